The van der Waals surface area contributed by atoms with Gasteiger partial charge in [0.05, 0.1) is 5.54 Å². The highest BCUT2D eigenvalue weighted by molar-refractivity contribution is 5.86. The zero-order valence-corrected chi connectivity index (χ0v) is 11.5. The minimum absolute atomic E-state index is 0.197. The average Bonchev–Trinajstić information content (AvgIpc) is 2.84. The fourth-order valence-electron chi connectivity index (χ4n) is 3.45. The molecule has 1 atom stereocenters. The molecule has 1 aliphatic rings. The second kappa shape index (κ2) is 4.37. The van der Waals surface area contributed by atoms with Crippen molar-refractivity contribution in [2.75, 3.05) is 0 Å². The van der Waals surface area contributed by atoms with E-state index in [2.05, 4.69) is 17.1 Å². The average molecular weight is 278 g/mol. The number of aryl methyl sites for hydroxylation is 1. The predicted molar refractivity (Wildman–Crippen MR) is 81.4 cm³/mol. The standard InChI is InChI=1S/C18H15FN2/c19-14-4-5-16-13(10-14)6-8-18(16,20)17-3-1-2-12-7-9-21-11-15(12)17/h1-5,7,9-11H,6,8,20H2. The Labute approximate surface area is 122 Å². The van der Waals surface area contributed by atoms with E-state index in [1.54, 1.807) is 12.3 Å². The van der Waals surface area contributed by atoms with Gasteiger partial charge in [-0.25, -0.2) is 4.39 Å². The van der Waals surface area contributed by atoms with E-state index >= 15 is 0 Å². The third-order valence-electron chi connectivity index (χ3n) is 4.50. The van der Waals surface area contributed by atoms with Crippen LogP contribution in [0.3, 0.4) is 0 Å². The molecule has 0 fully saturated rings. The summed E-state index contributed by atoms with van der Waals surface area (Å²) in [4.78, 5) is 4.23. The molecule has 3 aromatic rings. The van der Waals surface area contributed by atoms with Crippen LogP contribution in [0.1, 0.15) is 23.1 Å². The molecule has 4 rings (SSSR count). The van der Waals surface area contributed by atoms with E-state index in [1.165, 1.54) is 6.07 Å². The highest BCUT2D eigenvalue weighted by Gasteiger charge is 2.37. The molecule has 0 saturated carbocycles. The number of benzene rings is 2. The fraction of sp³-hybridized carbons (Fsp3) is 0.167. The summed E-state index contributed by atoms with van der Waals surface area (Å²) in [6.07, 6.45) is 5.24. The predicted octanol–water partition coefficient (Wildman–Crippen LogP) is 3.52. The van der Waals surface area contributed by atoms with E-state index in [0.717, 1.165) is 40.3 Å². The van der Waals surface area contributed by atoms with Crippen molar-refractivity contribution in [2.45, 2.75) is 18.4 Å². The summed E-state index contributed by atoms with van der Waals surface area (Å²) < 4.78 is 13.4. The first-order valence-corrected chi connectivity index (χ1v) is 7.09. The van der Waals surface area contributed by atoms with Gasteiger partial charge in [0.15, 0.2) is 0 Å². The number of rotatable bonds is 1. The first-order chi connectivity index (χ1) is 10.2. The lowest BCUT2D eigenvalue weighted by Crippen LogP contribution is -2.35. The lowest BCUT2D eigenvalue weighted by Gasteiger charge is -2.27. The van der Waals surface area contributed by atoms with Crippen molar-refractivity contribution >= 4 is 10.8 Å². The first-order valence-electron chi connectivity index (χ1n) is 7.09. The molecular weight excluding hydrogens is 263 g/mol. The monoisotopic (exact) mass is 278 g/mol. The summed E-state index contributed by atoms with van der Waals surface area (Å²) in [6, 6.07) is 13.1. The quantitative estimate of drug-likeness (QED) is 0.739. The van der Waals surface area contributed by atoms with Gasteiger partial charge in [0.1, 0.15) is 5.82 Å². The molecule has 1 aliphatic carbocycles. The van der Waals surface area contributed by atoms with Crippen LogP contribution in [0.5, 0.6) is 0 Å². The Hall–Kier alpha value is -2.26. The van der Waals surface area contributed by atoms with Crippen molar-refractivity contribution in [3.8, 4) is 0 Å². The minimum Gasteiger partial charge on any atom is -0.318 e. The molecule has 0 amide bonds. The van der Waals surface area contributed by atoms with Crippen molar-refractivity contribution in [3.05, 3.63) is 77.4 Å². The number of halogens is 1. The van der Waals surface area contributed by atoms with Gasteiger partial charge >= 0.3 is 0 Å². The number of nitrogens with two attached hydrogens (primary N) is 1. The first kappa shape index (κ1) is 12.5. The summed E-state index contributed by atoms with van der Waals surface area (Å²) in [5, 5.41) is 2.20. The summed E-state index contributed by atoms with van der Waals surface area (Å²) in [6.45, 7) is 0. The van der Waals surface area contributed by atoms with Crippen LogP contribution in [0.15, 0.2) is 54.9 Å². The molecule has 1 aromatic heterocycles. The van der Waals surface area contributed by atoms with E-state index in [-0.39, 0.29) is 5.82 Å². The van der Waals surface area contributed by atoms with Gasteiger partial charge < -0.3 is 5.73 Å². The number of hydrogen-bond acceptors (Lipinski definition) is 2. The van der Waals surface area contributed by atoms with Crippen LogP contribution in [0.2, 0.25) is 0 Å². The van der Waals surface area contributed by atoms with Crippen LogP contribution in [0, 0.1) is 5.82 Å². The van der Waals surface area contributed by atoms with Gasteiger partial charge in [-0.15, -0.1) is 0 Å². The maximum atomic E-state index is 13.4. The van der Waals surface area contributed by atoms with E-state index in [9.17, 15) is 4.39 Å². The van der Waals surface area contributed by atoms with E-state index in [4.69, 9.17) is 5.73 Å². The maximum Gasteiger partial charge on any atom is 0.123 e. The summed E-state index contributed by atoms with van der Waals surface area (Å²) >= 11 is 0. The van der Waals surface area contributed by atoms with Crippen molar-refractivity contribution in [2.24, 2.45) is 5.73 Å². The molecular formula is C18H15FN2. The Morgan fingerprint density at radius 1 is 1.10 bits per heavy atom. The van der Waals surface area contributed by atoms with Crippen LogP contribution >= 0.6 is 0 Å². The molecule has 0 saturated heterocycles. The molecule has 2 N–H and O–H groups in total. The third-order valence-corrected chi connectivity index (χ3v) is 4.50. The van der Waals surface area contributed by atoms with Crippen molar-refractivity contribution in [1.82, 2.24) is 4.98 Å². The van der Waals surface area contributed by atoms with Gasteiger partial charge in [0, 0.05) is 17.8 Å². The second-order valence-electron chi connectivity index (χ2n) is 5.68. The van der Waals surface area contributed by atoms with E-state index in [1.807, 2.05) is 24.4 Å². The molecule has 21 heavy (non-hydrogen) atoms. The molecule has 104 valence electrons. The Morgan fingerprint density at radius 2 is 2.00 bits per heavy atom. The summed E-state index contributed by atoms with van der Waals surface area (Å²) in [5.41, 5.74) is 9.30. The van der Waals surface area contributed by atoms with Crippen molar-refractivity contribution in [3.63, 3.8) is 0 Å². The fourth-order valence-corrected chi connectivity index (χ4v) is 3.45. The lowest BCUT2D eigenvalue weighted by molar-refractivity contribution is 0.539. The molecule has 0 spiro atoms. The topological polar surface area (TPSA) is 38.9 Å². The van der Waals surface area contributed by atoms with Crippen molar-refractivity contribution < 1.29 is 4.39 Å². The molecule has 0 radical (unpaired) electrons. The van der Waals surface area contributed by atoms with Crippen molar-refractivity contribution in [1.29, 1.82) is 0 Å². The number of hydrogen-bond donors (Lipinski definition) is 1. The zero-order valence-electron chi connectivity index (χ0n) is 11.5. The van der Waals surface area contributed by atoms with Crippen LogP contribution in [0.4, 0.5) is 4.39 Å². The van der Waals surface area contributed by atoms with Crippen LogP contribution in [0.25, 0.3) is 10.8 Å². The SMILES string of the molecule is NC1(c2cccc3ccncc23)CCc2cc(F)ccc21. The summed E-state index contributed by atoms with van der Waals surface area (Å²) in [7, 11) is 0. The van der Waals surface area contributed by atoms with E-state index < -0.39 is 5.54 Å². The normalized spacial score (nSPS) is 20.7. The van der Waals surface area contributed by atoms with Gasteiger partial charge in [-0.05, 0) is 53.1 Å². The van der Waals surface area contributed by atoms with Gasteiger partial charge in [0.25, 0.3) is 0 Å². The molecule has 0 aliphatic heterocycles. The number of fused-ring (bicyclic) bond motifs is 2. The van der Waals surface area contributed by atoms with Gasteiger partial charge in [-0.2, -0.15) is 0 Å². The molecule has 3 heteroatoms. The smallest absolute Gasteiger partial charge is 0.123 e. The highest BCUT2D eigenvalue weighted by atomic mass is 19.1. The molecule has 2 aromatic carbocycles. The lowest BCUT2D eigenvalue weighted by atomic mass is 9.83. The maximum absolute atomic E-state index is 13.4. The number of nitrogens with zero attached hydrogens (tertiary/aromatic N) is 1. The minimum atomic E-state index is -0.564. The summed E-state index contributed by atoms with van der Waals surface area (Å²) in [5.74, 6) is -0.197. The molecule has 1 unspecified atom stereocenters. The Bertz CT molecular complexity index is 838. The van der Waals surface area contributed by atoms with Crippen LogP contribution < -0.4 is 5.73 Å². The molecule has 0 bridgehead atoms. The Morgan fingerprint density at radius 3 is 2.90 bits per heavy atom. The van der Waals surface area contributed by atoms with E-state index in [0.29, 0.717) is 0 Å². The largest absolute Gasteiger partial charge is 0.318 e. The highest BCUT2D eigenvalue weighted by Crippen LogP contribution is 2.42. The van der Waals surface area contributed by atoms with Crippen LogP contribution in [-0.2, 0) is 12.0 Å². The number of aromatic nitrogens is 1. The van der Waals surface area contributed by atoms with Gasteiger partial charge in [-0.3, -0.25) is 4.98 Å². The second-order valence-corrected chi connectivity index (χ2v) is 5.68. The Kier molecular flexibility index (Phi) is 2.59. The molecule has 1 heterocycles. The third kappa shape index (κ3) is 1.78. The Balaban J connectivity index is 1.98. The molecule has 2 nitrogen and oxygen atoms in total. The van der Waals surface area contributed by atoms with Gasteiger partial charge in [-0.1, -0.05) is 24.3 Å². The van der Waals surface area contributed by atoms with Gasteiger partial charge in [0.2, 0.25) is 0 Å². The zero-order chi connectivity index (χ0) is 14.4. The van der Waals surface area contributed by atoms with Crippen LogP contribution in [-0.4, -0.2) is 4.98 Å². The number of pyridine rings is 1.